The Hall–Kier alpha value is -0.960. The van der Waals surface area contributed by atoms with Crippen molar-refractivity contribution in [2.45, 2.75) is 25.7 Å². The topological polar surface area (TPSA) is 36.9 Å². The molecule has 1 aliphatic carbocycles. The van der Waals surface area contributed by atoms with Crippen LogP contribution in [0.4, 0.5) is 8.78 Å². The molecule has 2 rings (SSSR count). The van der Waals surface area contributed by atoms with Gasteiger partial charge in [-0.15, -0.1) is 24.0 Å². The molecule has 1 aromatic carbocycles. The van der Waals surface area contributed by atoms with E-state index in [9.17, 15) is 8.78 Å². The molecule has 1 aromatic rings. The fourth-order valence-electron chi connectivity index (χ4n) is 2.48. The molecule has 4 nitrogen and oxygen atoms in total. The molecular weight excluding hydrogens is 439 g/mol. The molecule has 1 aliphatic rings. The Labute approximate surface area is 166 Å². The third-order valence-corrected chi connectivity index (χ3v) is 4.25. The molecule has 142 valence electrons. The smallest absolute Gasteiger partial charge is 0.193 e. The summed E-state index contributed by atoms with van der Waals surface area (Å²) in [5.41, 5.74) is 0.495. The van der Waals surface area contributed by atoms with Gasteiger partial charge < -0.3 is 15.0 Å². The first-order valence-corrected chi connectivity index (χ1v) is 8.45. The zero-order valence-corrected chi connectivity index (χ0v) is 17.4. The maximum Gasteiger partial charge on any atom is 0.193 e. The highest BCUT2D eigenvalue weighted by Crippen LogP contribution is 2.28. The standard InChI is InChI=1S/C18H27F2N3O.HI/c1-13(16-7-6-15(19)10-17(16)20)11-22-18(21-2)23(3)8-9-24-12-14-4-5-14;/h6-7,10,13-14H,4-5,8-9,11-12H2,1-3H3,(H,21,22);1H. The zero-order valence-electron chi connectivity index (χ0n) is 15.1. The number of hydrogen-bond acceptors (Lipinski definition) is 2. The van der Waals surface area contributed by atoms with Crippen molar-refractivity contribution in [1.29, 1.82) is 0 Å². The minimum atomic E-state index is -0.557. The monoisotopic (exact) mass is 467 g/mol. The third kappa shape index (κ3) is 7.43. The van der Waals surface area contributed by atoms with Crippen molar-refractivity contribution in [2.24, 2.45) is 10.9 Å². The average Bonchev–Trinajstić information content (AvgIpc) is 3.36. The lowest BCUT2D eigenvalue weighted by Crippen LogP contribution is -2.42. The quantitative estimate of drug-likeness (QED) is 0.275. The van der Waals surface area contributed by atoms with Crippen LogP contribution in [0.15, 0.2) is 23.2 Å². The van der Waals surface area contributed by atoms with E-state index in [1.54, 1.807) is 7.05 Å². The van der Waals surface area contributed by atoms with Gasteiger partial charge in [0.15, 0.2) is 5.96 Å². The van der Waals surface area contributed by atoms with Crippen molar-refractivity contribution in [1.82, 2.24) is 10.2 Å². The summed E-state index contributed by atoms with van der Waals surface area (Å²) in [5.74, 6) is 0.333. The summed E-state index contributed by atoms with van der Waals surface area (Å²) in [7, 11) is 3.66. The Bertz CT molecular complexity index is 567. The van der Waals surface area contributed by atoms with E-state index in [0.717, 1.165) is 31.1 Å². The maximum absolute atomic E-state index is 13.8. The number of ether oxygens (including phenoxy) is 1. The third-order valence-electron chi connectivity index (χ3n) is 4.25. The first-order chi connectivity index (χ1) is 11.5. The van der Waals surface area contributed by atoms with E-state index in [4.69, 9.17) is 4.74 Å². The predicted octanol–water partition coefficient (Wildman–Crippen LogP) is 3.62. The molecule has 0 amide bonds. The van der Waals surface area contributed by atoms with Crippen molar-refractivity contribution in [2.75, 3.05) is 40.4 Å². The van der Waals surface area contributed by atoms with Crippen LogP contribution in [0.3, 0.4) is 0 Å². The second kappa shape index (κ2) is 10.9. The first-order valence-electron chi connectivity index (χ1n) is 8.45. The molecule has 1 N–H and O–H groups in total. The van der Waals surface area contributed by atoms with E-state index in [1.807, 2.05) is 18.9 Å². The fourth-order valence-corrected chi connectivity index (χ4v) is 2.48. The van der Waals surface area contributed by atoms with Gasteiger partial charge in [-0.1, -0.05) is 13.0 Å². The van der Waals surface area contributed by atoms with Crippen molar-refractivity contribution < 1.29 is 13.5 Å². The normalized spacial score (nSPS) is 15.5. The molecule has 1 fully saturated rings. The molecule has 25 heavy (non-hydrogen) atoms. The van der Waals surface area contributed by atoms with Crippen LogP contribution in [0.25, 0.3) is 0 Å². The Morgan fingerprint density at radius 1 is 1.40 bits per heavy atom. The van der Waals surface area contributed by atoms with Crippen LogP contribution in [0, 0.1) is 17.6 Å². The second-order valence-corrected chi connectivity index (χ2v) is 6.43. The van der Waals surface area contributed by atoms with E-state index in [-0.39, 0.29) is 29.9 Å². The second-order valence-electron chi connectivity index (χ2n) is 6.43. The highest BCUT2D eigenvalue weighted by atomic mass is 127. The molecule has 0 bridgehead atoms. The van der Waals surface area contributed by atoms with Crippen molar-refractivity contribution >= 4 is 29.9 Å². The number of benzene rings is 1. The number of nitrogens with zero attached hydrogens (tertiary/aromatic N) is 2. The SMILES string of the molecule is CN=C(NCC(C)c1ccc(F)cc1F)N(C)CCOCC1CC1.I. The van der Waals surface area contributed by atoms with Crippen molar-refractivity contribution in [3.05, 3.63) is 35.4 Å². The molecular formula is C18H28F2IN3O. The minimum Gasteiger partial charge on any atom is -0.379 e. The average molecular weight is 467 g/mol. The molecule has 7 heteroatoms. The maximum atomic E-state index is 13.8. The van der Waals surface area contributed by atoms with Crippen LogP contribution in [0.5, 0.6) is 0 Å². The van der Waals surface area contributed by atoms with Gasteiger partial charge in [-0.25, -0.2) is 8.78 Å². The van der Waals surface area contributed by atoms with E-state index >= 15 is 0 Å². The summed E-state index contributed by atoms with van der Waals surface area (Å²) in [5, 5.41) is 3.23. The highest BCUT2D eigenvalue weighted by Gasteiger charge is 2.21. The molecule has 0 spiro atoms. The van der Waals surface area contributed by atoms with Gasteiger partial charge in [0.1, 0.15) is 11.6 Å². The lowest BCUT2D eigenvalue weighted by atomic mass is 10.0. The Morgan fingerprint density at radius 3 is 2.72 bits per heavy atom. The summed E-state index contributed by atoms with van der Waals surface area (Å²) < 4.78 is 32.4. The molecule has 0 radical (unpaired) electrons. The van der Waals surface area contributed by atoms with Crippen LogP contribution in [-0.2, 0) is 4.74 Å². The summed E-state index contributed by atoms with van der Waals surface area (Å²) in [6, 6.07) is 3.70. The number of halogens is 3. The van der Waals surface area contributed by atoms with Crippen LogP contribution in [-0.4, -0.2) is 51.3 Å². The molecule has 1 atom stereocenters. The van der Waals surface area contributed by atoms with Crippen LogP contribution in [0.1, 0.15) is 31.2 Å². The summed E-state index contributed by atoms with van der Waals surface area (Å²) in [6.07, 6.45) is 2.58. The molecule has 1 saturated carbocycles. The van der Waals surface area contributed by atoms with Gasteiger partial charge >= 0.3 is 0 Å². The highest BCUT2D eigenvalue weighted by molar-refractivity contribution is 14.0. The fraction of sp³-hybridized carbons (Fsp3) is 0.611. The van der Waals surface area contributed by atoms with Gasteiger partial charge in [0.25, 0.3) is 0 Å². The van der Waals surface area contributed by atoms with Crippen molar-refractivity contribution in [3.8, 4) is 0 Å². The summed E-state index contributed by atoms with van der Waals surface area (Å²) in [6.45, 7) is 4.67. The molecule has 0 saturated heterocycles. The van der Waals surface area contributed by atoms with E-state index in [1.165, 1.54) is 25.0 Å². The van der Waals surface area contributed by atoms with Gasteiger partial charge in [-0.3, -0.25) is 4.99 Å². The first kappa shape index (κ1) is 22.1. The number of rotatable bonds is 8. The Morgan fingerprint density at radius 2 is 2.12 bits per heavy atom. The Kier molecular flexibility index (Phi) is 9.63. The zero-order chi connectivity index (χ0) is 17.5. The van der Waals surface area contributed by atoms with Crippen LogP contribution >= 0.6 is 24.0 Å². The van der Waals surface area contributed by atoms with Gasteiger partial charge in [0.2, 0.25) is 0 Å². The van der Waals surface area contributed by atoms with Gasteiger partial charge in [-0.05, 0) is 30.4 Å². The number of guanidine groups is 1. The lowest BCUT2D eigenvalue weighted by molar-refractivity contribution is 0.115. The van der Waals surface area contributed by atoms with E-state index < -0.39 is 11.6 Å². The van der Waals surface area contributed by atoms with Crippen molar-refractivity contribution in [3.63, 3.8) is 0 Å². The van der Waals surface area contributed by atoms with Gasteiger partial charge in [0.05, 0.1) is 6.61 Å². The Balaban J connectivity index is 0.00000312. The van der Waals surface area contributed by atoms with Crippen LogP contribution in [0.2, 0.25) is 0 Å². The minimum absolute atomic E-state index is 0. The van der Waals surface area contributed by atoms with E-state index in [2.05, 4.69) is 10.3 Å². The number of aliphatic imine (C=N–C) groups is 1. The van der Waals surface area contributed by atoms with Gasteiger partial charge in [0, 0.05) is 45.8 Å². The van der Waals surface area contributed by atoms with Crippen LogP contribution < -0.4 is 5.32 Å². The summed E-state index contributed by atoms with van der Waals surface area (Å²) >= 11 is 0. The predicted molar refractivity (Wildman–Crippen MR) is 108 cm³/mol. The molecule has 0 aromatic heterocycles. The van der Waals surface area contributed by atoms with E-state index in [0.29, 0.717) is 18.7 Å². The molecule has 0 heterocycles. The number of likely N-dealkylation sites (N-methyl/N-ethyl adjacent to an activating group) is 1. The van der Waals surface area contributed by atoms with Gasteiger partial charge in [-0.2, -0.15) is 0 Å². The largest absolute Gasteiger partial charge is 0.379 e. The number of hydrogen-bond donors (Lipinski definition) is 1. The summed E-state index contributed by atoms with van der Waals surface area (Å²) in [4.78, 5) is 6.23. The number of nitrogens with one attached hydrogen (secondary N) is 1. The molecule has 0 aliphatic heterocycles. The molecule has 1 unspecified atom stereocenters. The lowest BCUT2D eigenvalue weighted by Gasteiger charge is -2.23.